The molecular weight excluding hydrogens is 447 g/mol. The van der Waals surface area contributed by atoms with Gasteiger partial charge in [0.25, 0.3) is 0 Å². The first kappa shape index (κ1) is 22.2. The van der Waals surface area contributed by atoms with E-state index in [4.69, 9.17) is 4.84 Å². The van der Waals surface area contributed by atoms with Crippen LogP contribution in [-0.4, -0.2) is 42.9 Å². The van der Waals surface area contributed by atoms with E-state index in [0.29, 0.717) is 19.4 Å². The number of para-hydroxylation sites is 1. The van der Waals surface area contributed by atoms with Crippen molar-refractivity contribution in [1.29, 1.82) is 0 Å². The molecule has 0 atom stereocenters. The first-order valence-electron chi connectivity index (χ1n) is 9.81. The number of nitrogens with zero attached hydrogens (tertiary/aromatic N) is 2. The zero-order valence-corrected chi connectivity index (χ0v) is 17.6. The molecule has 1 N–H and O–H groups in total. The van der Waals surface area contributed by atoms with Gasteiger partial charge in [0.1, 0.15) is 12.4 Å². The lowest BCUT2D eigenvalue weighted by atomic mass is 10.1. The molecule has 1 saturated heterocycles. The molecule has 11 heteroatoms. The second kappa shape index (κ2) is 8.83. The fourth-order valence-electron chi connectivity index (χ4n) is 3.48. The van der Waals surface area contributed by atoms with E-state index < -0.39 is 22.1 Å². The van der Waals surface area contributed by atoms with Gasteiger partial charge in [-0.05, 0) is 30.3 Å². The quantitative estimate of drug-likeness (QED) is 0.544. The fourth-order valence-corrected chi connectivity index (χ4v) is 4.92. The molecule has 7 nitrogen and oxygen atoms in total. The van der Waals surface area contributed by atoms with Crippen molar-refractivity contribution in [2.45, 2.75) is 30.7 Å². The number of piperidine rings is 1. The van der Waals surface area contributed by atoms with Crippen LogP contribution in [0.2, 0.25) is 0 Å². The first-order chi connectivity index (χ1) is 15.2. The minimum absolute atomic E-state index is 0.0944. The smallest absolute Gasteiger partial charge is 0.406 e. The summed E-state index contributed by atoms with van der Waals surface area (Å²) in [5, 5.41) is 5.21. The van der Waals surface area contributed by atoms with Crippen LogP contribution in [0, 0.1) is 0 Å². The third kappa shape index (κ3) is 5.05. The van der Waals surface area contributed by atoms with E-state index in [1.165, 1.54) is 4.31 Å². The zero-order chi connectivity index (χ0) is 22.8. The number of H-pyrrole nitrogens is 1. The summed E-state index contributed by atoms with van der Waals surface area (Å²) in [7, 11) is -3.83. The summed E-state index contributed by atoms with van der Waals surface area (Å²) in [6, 6.07) is 12.0. The van der Waals surface area contributed by atoms with Gasteiger partial charge in [-0.15, -0.1) is 13.2 Å². The molecule has 0 saturated carbocycles. The number of sulfonamides is 1. The lowest BCUT2D eigenvalue weighted by molar-refractivity contribution is -0.274. The third-order valence-electron chi connectivity index (χ3n) is 5.08. The maximum atomic E-state index is 12.8. The molecule has 1 aromatic heterocycles. The van der Waals surface area contributed by atoms with Gasteiger partial charge in [0.2, 0.25) is 10.0 Å². The van der Waals surface area contributed by atoms with Gasteiger partial charge in [0, 0.05) is 48.6 Å². The van der Waals surface area contributed by atoms with Crippen LogP contribution in [0.5, 0.6) is 5.75 Å². The number of fused-ring (bicyclic) bond motifs is 1. The maximum absolute atomic E-state index is 12.8. The first-order valence-corrected chi connectivity index (χ1v) is 11.2. The largest absolute Gasteiger partial charge is 0.573 e. The van der Waals surface area contributed by atoms with Crippen LogP contribution in [0.4, 0.5) is 13.2 Å². The Bertz CT molecular complexity index is 1210. The highest BCUT2D eigenvalue weighted by molar-refractivity contribution is 7.89. The summed E-state index contributed by atoms with van der Waals surface area (Å²) in [6.45, 7) is 0.707. The van der Waals surface area contributed by atoms with E-state index in [2.05, 4.69) is 14.9 Å². The Labute approximate surface area is 182 Å². The Hall–Kier alpha value is -3.05. The van der Waals surface area contributed by atoms with Crippen LogP contribution < -0.4 is 4.74 Å². The van der Waals surface area contributed by atoms with Crippen molar-refractivity contribution in [2.75, 3.05) is 13.1 Å². The molecule has 1 fully saturated rings. The van der Waals surface area contributed by atoms with Crippen molar-refractivity contribution >= 4 is 26.6 Å². The van der Waals surface area contributed by atoms with E-state index in [1.54, 1.807) is 0 Å². The van der Waals surface area contributed by atoms with Gasteiger partial charge < -0.3 is 14.6 Å². The molecule has 0 radical (unpaired) electrons. The van der Waals surface area contributed by atoms with E-state index in [-0.39, 0.29) is 18.0 Å². The highest BCUT2D eigenvalue weighted by atomic mass is 32.2. The predicted octanol–water partition coefficient (Wildman–Crippen LogP) is 4.42. The van der Waals surface area contributed by atoms with Gasteiger partial charge >= 0.3 is 6.36 Å². The number of rotatable bonds is 6. The molecular formula is C21H20F3N3O4S. The molecule has 0 aliphatic carbocycles. The number of nitrogens with one attached hydrogen (secondary N) is 1. The van der Waals surface area contributed by atoms with Crippen molar-refractivity contribution in [3.05, 3.63) is 60.3 Å². The summed E-state index contributed by atoms with van der Waals surface area (Å²) in [6.07, 6.45) is -2.16. The summed E-state index contributed by atoms with van der Waals surface area (Å²) < 4.78 is 67.4. The SMILES string of the molecule is O=S(=O)(c1ccc(OC(F)(F)F)cc1)N1CCC(=NOCc2c[nH]c3ccccc23)CC1. The number of halogens is 3. The van der Waals surface area contributed by atoms with Crippen molar-refractivity contribution < 1.29 is 31.2 Å². The highest BCUT2D eigenvalue weighted by Gasteiger charge is 2.32. The fraction of sp³-hybridized carbons (Fsp3) is 0.286. The van der Waals surface area contributed by atoms with Crippen LogP contribution in [0.25, 0.3) is 10.9 Å². The number of alkyl halides is 3. The van der Waals surface area contributed by atoms with Crippen molar-refractivity contribution in [1.82, 2.24) is 9.29 Å². The summed E-state index contributed by atoms with van der Waals surface area (Å²) >= 11 is 0. The lowest BCUT2D eigenvalue weighted by Gasteiger charge is -2.26. The molecule has 3 aromatic rings. The molecule has 1 aliphatic rings. The van der Waals surface area contributed by atoms with Gasteiger partial charge in [0.15, 0.2) is 0 Å². The lowest BCUT2D eigenvalue weighted by Crippen LogP contribution is -2.38. The Morgan fingerprint density at radius 3 is 2.41 bits per heavy atom. The molecule has 2 aromatic carbocycles. The number of benzene rings is 2. The minimum atomic E-state index is -4.83. The number of aromatic amines is 1. The standard InChI is InChI=1S/C21H20F3N3O4S/c22-21(23,24)31-17-5-7-18(8-6-17)32(28,29)27-11-9-16(10-12-27)26-30-14-15-13-25-20-4-2-1-3-19(15)20/h1-8,13,25H,9-12,14H2. The molecule has 4 rings (SSSR count). The van der Waals surface area contributed by atoms with Crippen LogP contribution in [0.1, 0.15) is 18.4 Å². The second-order valence-corrected chi connectivity index (χ2v) is 9.15. The van der Waals surface area contributed by atoms with Crippen molar-refractivity contribution in [3.63, 3.8) is 0 Å². The number of hydrogen-bond donors (Lipinski definition) is 1. The van der Waals surface area contributed by atoms with Crippen LogP contribution in [-0.2, 0) is 21.5 Å². The molecule has 0 amide bonds. The monoisotopic (exact) mass is 467 g/mol. The average Bonchev–Trinajstić information content (AvgIpc) is 3.17. The Morgan fingerprint density at radius 2 is 1.72 bits per heavy atom. The molecule has 170 valence electrons. The molecule has 0 spiro atoms. The zero-order valence-electron chi connectivity index (χ0n) is 16.8. The molecule has 2 heterocycles. The molecule has 0 unspecified atom stereocenters. The molecule has 1 aliphatic heterocycles. The number of ether oxygens (including phenoxy) is 1. The number of aromatic nitrogens is 1. The maximum Gasteiger partial charge on any atom is 0.573 e. The van der Waals surface area contributed by atoms with Gasteiger partial charge in [-0.2, -0.15) is 4.31 Å². The van der Waals surface area contributed by atoms with E-state index in [9.17, 15) is 21.6 Å². The minimum Gasteiger partial charge on any atom is -0.406 e. The topological polar surface area (TPSA) is 84.0 Å². The van der Waals surface area contributed by atoms with Crippen molar-refractivity contribution in [3.8, 4) is 5.75 Å². The van der Waals surface area contributed by atoms with Gasteiger partial charge in [-0.1, -0.05) is 23.4 Å². The predicted molar refractivity (Wildman–Crippen MR) is 112 cm³/mol. The van der Waals surface area contributed by atoms with Crippen LogP contribution in [0.15, 0.2) is 64.8 Å². The summed E-state index contributed by atoms with van der Waals surface area (Å²) in [4.78, 5) is 8.55. The summed E-state index contributed by atoms with van der Waals surface area (Å²) in [5.41, 5.74) is 2.74. The van der Waals surface area contributed by atoms with E-state index in [1.807, 2.05) is 30.5 Å². The van der Waals surface area contributed by atoms with Gasteiger partial charge in [0.05, 0.1) is 10.6 Å². The summed E-state index contributed by atoms with van der Waals surface area (Å²) in [5.74, 6) is -0.475. The Kier molecular flexibility index (Phi) is 6.11. The number of hydrogen-bond acceptors (Lipinski definition) is 5. The highest BCUT2D eigenvalue weighted by Crippen LogP contribution is 2.26. The Morgan fingerprint density at radius 1 is 1.03 bits per heavy atom. The Balaban J connectivity index is 1.33. The average molecular weight is 467 g/mol. The third-order valence-corrected chi connectivity index (χ3v) is 7.00. The molecule has 32 heavy (non-hydrogen) atoms. The number of oxime groups is 1. The van der Waals surface area contributed by atoms with Gasteiger partial charge in [-0.25, -0.2) is 8.42 Å². The normalized spacial score (nSPS) is 15.7. The van der Waals surface area contributed by atoms with Gasteiger partial charge in [-0.3, -0.25) is 0 Å². The second-order valence-electron chi connectivity index (χ2n) is 7.21. The van der Waals surface area contributed by atoms with Crippen LogP contribution in [0.3, 0.4) is 0 Å². The van der Waals surface area contributed by atoms with E-state index in [0.717, 1.165) is 46.4 Å². The van der Waals surface area contributed by atoms with E-state index >= 15 is 0 Å². The van der Waals surface area contributed by atoms with Crippen LogP contribution >= 0.6 is 0 Å². The van der Waals surface area contributed by atoms with Crippen molar-refractivity contribution in [2.24, 2.45) is 5.16 Å². The molecule has 0 bridgehead atoms.